The van der Waals surface area contributed by atoms with Crippen LogP contribution in [0.3, 0.4) is 0 Å². The molecule has 5 heteroatoms. The molecule has 1 fully saturated rings. The number of rotatable bonds is 5. The molecule has 1 aromatic heterocycles. The molecule has 0 atom stereocenters. The van der Waals surface area contributed by atoms with E-state index in [1.165, 1.54) is 0 Å². The van der Waals surface area contributed by atoms with Gasteiger partial charge in [-0.25, -0.2) is 4.98 Å². The Bertz CT molecular complexity index is 377. The Labute approximate surface area is 107 Å². The Balaban J connectivity index is 1.92. The summed E-state index contributed by atoms with van der Waals surface area (Å²) in [6.45, 7) is 5.07. The molecule has 2 rings (SSSR count). The highest BCUT2D eigenvalue weighted by Gasteiger charge is 2.26. The normalized spacial score (nSPS) is 23.2. The van der Waals surface area contributed by atoms with Crippen molar-refractivity contribution in [2.45, 2.75) is 44.9 Å². The van der Waals surface area contributed by atoms with Crippen LogP contribution in [-0.2, 0) is 12.8 Å². The molecule has 0 amide bonds. The average Bonchev–Trinajstić information content (AvgIpc) is 2.32. The van der Waals surface area contributed by atoms with Crippen molar-refractivity contribution >= 4 is 17.5 Å². The Kier molecular flexibility index (Phi) is 4.15. The van der Waals surface area contributed by atoms with Crippen molar-refractivity contribution in [3.05, 3.63) is 11.4 Å². The van der Waals surface area contributed by atoms with E-state index in [4.69, 9.17) is 11.6 Å². The van der Waals surface area contributed by atoms with E-state index < -0.39 is 0 Å². The van der Waals surface area contributed by atoms with Crippen molar-refractivity contribution in [1.29, 1.82) is 0 Å². The summed E-state index contributed by atoms with van der Waals surface area (Å²) in [5.41, 5.74) is 2.05. The number of halogens is 1. The fourth-order valence-electron chi connectivity index (χ4n) is 2.07. The summed E-state index contributed by atoms with van der Waals surface area (Å²) in [6, 6.07) is 0. The van der Waals surface area contributed by atoms with Gasteiger partial charge >= 0.3 is 0 Å². The lowest BCUT2D eigenvalue weighted by Crippen LogP contribution is -2.30. The average molecular weight is 255 g/mol. The fourth-order valence-corrected chi connectivity index (χ4v) is 2.57. The second kappa shape index (κ2) is 5.63. The molecule has 0 aliphatic heterocycles. The summed E-state index contributed by atoms with van der Waals surface area (Å²) < 4.78 is 0. The molecule has 0 radical (unpaired) electrons. The highest BCUT2D eigenvalue weighted by atomic mass is 35.5. The van der Waals surface area contributed by atoms with Crippen LogP contribution in [0.1, 0.15) is 38.1 Å². The van der Waals surface area contributed by atoms with E-state index in [0.29, 0.717) is 17.2 Å². The summed E-state index contributed by atoms with van der Waals surface area (Å²) >= 11 is 5.94. The maximum Gasteiger partial charge on any atom is 0.242 e. The van der Waals surface area contributed by atoms with E-state index >= 15 is 0 Å². The Morgan fingerprint density at radius 1 is 1.18 bits per heavy atom. The van der Waals surface area contributed by atoms with Gasteiger partial charge in [0.15, 0.2) is 0 Å². The lowest BCUT2D eigenvalue weighted by Gasteiger charge is -2.30. The van der Waals surface area contributed by atoms with E-state index in [1.54, 1.807) is 0 Å². The monoisotopic (exact) mass is 254 g/mol. The maximum atomic E-state index is 5.94. The standard InChI is InChI=1S/C12H19ClN4/c1-3-10-11(4-2)16-17-12(15-10)14-7-8-5-9(13)6-8/h8-9H,3-7H2,1-2H3,(H,14,15,17). The van der Waals surface area contributed by atoms with Gasteiger partial charge in [-0.1, -0.05) is 13.8 Å². The Morgan fingerprint density at radius 2 is 1.88 bits per heavy atom. The first kappa shape index (κ1) is 12.6. The number of alkyl halides is 1. The zero-order chi connectivity index (χ0) is 12.3. The lowest BCUT2D eigenvalue weighted by atomic mass is 9.85. The van der Waals surface area contributed by atoms with Gasteiger partial charge in [-0.05, 0) is 31.6 Å². The van der Waals surface area contributed by atoms with Gasteiger partial charge in [-0.15, -0.1) is 16.7 Å². The van der Waals surface area contributed by atoms with E-state index in [0.717, 1.165) is 43.6 Å². The zero-order valence-electron chi connectivity index (χ0n) is 10.4. The summed E-state index contributed by atoms with van der Waals surface area (Å²) in [6.07, 6.45) is 3.98. The number of aromatic nitrogens is 3. The largest absolute Gasteiger partial charge is 0.353 e. The quantitative estimate of drug-likeness (QED) is 0.820. The van der Waals surface area contributed by atoms with Crippen molar-refractivity contribution in [1.82, 2.24) is 15.2 Å². The maximum absolute atomic E-state index is 5.94. The first-order valence-corrected chi connectivity index (χ1v) is 6.77. The third-order valence-electron chi connectivity index (χ3n) is 3.24. The molecular formula is C12H19ClN4. The molecule has 4 nitrogen and oxygen atoms in total. The summed E-state index contributed by atoms with van der Waals surface area (Å²) in [4.78, 5) is 4.49. The number of hydrogen-bond acceptors (Lipinski definition) is 4. The first-order chi connectivity index (χ1) is 8.22. The predicted molar refractivity (Wildman–Crippen MR) is 69.4 cm³/mol. The lowest BCUT2D eigenvalue weighted by molar-refractivity contribution is 0.341. The Morgan fingerprint density at radius 3 is 2.47 bits per heavy atom. The van der Waals surface area contributed by atoms with Crippen LogP contribution in [0.5, 0.6) is 0 Å². The number of hydrogen-bond donors (Lipinski definition) is 1. The predicted octanol–water partition coefficient (Wildman–Crippen LogP) is 2.43. The van der Waals surface area contributed by atoms with E-state index in [1.807, 2.05) is 0 Å². The Hall–Kier alpha value is -0.900. The number of aryl methyl sites for hydroxylation is 2. The molecule has 0 aromatic carbocycles. The van der Waals surface area contributed by atoms with Crippen LogP contribution >= 0.6 is 11.6 Å². The highest BCUT2D eigenvalue weighted by Crippen LogP contribution is 2.31. The first-order valence-electron chi connectivity index (χ1n) is 6.33. The molecule has 0 bridgehead atoms. The fraction of sp³-hybridized carbons (Fsp3) is 0.750. The van der Waals surface area contributed by atoms with Crippen LogP contribution in [0, 0.1) is 5.92 Å². The molecule has 1 saturated carbocycles. The van der Waals surface area contributed by atoms with Crippen molar-refractivity contribution in [2.24, 2.45) is 5.92 Å². The SMILES string of the molecule is CCc1nnc(NCC2CC(Cl)C2)nc1CC. The molecule has 1 aliphatic carbocycles. The second-order valence-corrected chi connectivity index (χ2v) is 5.17. The molecule has 0 unspecified atom stereocenters. The second-order valence-electron chi connectivity index (χ2n) is 4.55. The molecule has 0 spiro atoms. The van der Waals surface area contributed by atoms with Crippen molar-refractivity contribution in [3.63, 3.8) is 0 Å². The molecule has 17 heavy (non-hydrogen) atoms. The molecule has 1 aromatic rings. The topological polar surface area (TPSA) is 50.7 Å². The third-order valence-corrected chi connectivity index (χ3v) is 3.59. The van der Waals surface area contributed by atoms with Crippen LogP contribution in [0.15, 0.2) is 0 Å². The summed E-state index contributed by atoms with van der Waals surface area (Å²) in [5, 5.41) is 11.9. The van der Waals surface area contributed by atoms with Gasteiger partial charge in [-0.3, -0.25) is 0 Å². The van der Waals surface area contributed by atoms with Gasteiger partial charge in [-0.2, -0.15) is 5.10 Å². The molecule has 1 N–H and O–H groups in total. The minimum Gasteiger partial charge on any atom is -0.353 e. The van der Waals surface area contributed by atoms with Crippen LogP contribution in [0.25, 0.3) is 0 Å². The van der Waals surface area contributed by atoms with E-state index in [9.17, 15) is 0 Å². The molecule has 1 aliphatic rings. The van der Waals surface area contributed by atoms with Gasteiger partial charge in [0.2, 0.25) is 5.95 Å². The van der Waals surface area contributed by atoms with Gasteiger partial charge in [0.25, 0.3) is 0 Å². The summed E-state index contributed by atoms with van der Waals surface area (Å²) in [7, 11) is 0. The molecule has 1 heterocycles. The van der Waals surface area contributed by atoms with Gasteiger partial charge in [0, 0.05) is 11.9 Å². The van der Waals surface area contributed by atoms with E-state index in [-0.39, 0.29) is 0 Å². The van der Waals surface area contributed by atoms with Gasteiger partial charge < -0.3 is 5.32 Å². The van der Waals surface area contributed by atoms with Crippen LogP contribution in [0.4, 0.5) is 5.95 Å². The van der Waals surface area contributed by atoms with Gasteiger partial charge in [0.05, 0.1) is 11.4 Å². The number of anilines is 1. The van der Waals surface area contributed by atoms with Gasteiger partial charge in [0.1, 0.15) is 0 Å². The zero-order valence-corrected chi connectivity index (χ0v) is 11.2. The van der Waals surface area contributed by atoms with Crippen molar-refractivity contribution in [3.8, 4) is 0 Å². The van der Waals surface area contributed by atoms with Crippen LogP contribution in [-0.4, -0.2) is 27.1 Å². The molecular weight excluding hydrogens is 236 g/mol. The molecule has 94 valence electrons. The summed E-state index contributed by atoms with van der Waals surface area (Å²) in [5.74, 6) is 1.31. The number of nitrogens with zero attached hydrogens (tertiary/aromatic N) is 3. The van der Waals surface area contributed by atoms with Crippen LogP contribution < -0.4 is 5.32 Å². The van der Waals surface area contributed by atoms with E-state index in [2.05, 4.69) is 34.3 Å². The van der Waals surface area contributed by atoms with Crippen molar-refractivity contribution < 1.29 is 0 Å². The smallest absolute Gasteiger partial charge is 0.242 e. The van der Waals surface area contributed by atoms with Crippen molar-refractivity contribution in [2.75, 3.05) is 11.9 Å². The highest BCUT2D eigenvalue weighted by molar-refractivity contribution is 6.21. The minimum atomic E-state index is 0.370. The number of nitrogens with one attached hydrogen (secondary N) is 1. The third kappa shape index (κ3) is 3.06. The van der Waals surface area contributed by atoms with Crippen LogP contribution in [0.2, 0.25) is 0 Å². The minimum absolute atomic E-state index is 0.370. The molecule has 0 saturated heterocycles.